The van der Waals surface area contributed by atoms with Crippen LogP contribution in [-0.4, -0.2) is 37.5 Å². The van der Waals surface area contributed by atoms with Crippen LogP contribution >= 0.6 is 0 Å². The third-order valence-electron chi connectivity index (χ3n) is 4.82. The molecule has 0 saturated heterocycles. The first-order valence-electron chi connectivity index (χ1n) is 10.7. The fourth-order valence-electron chi connectivity index (χ4n) is 3.21. The van der Waals surface area contributed by atoms with Crippen molar-refractivity contribution in [1.82, 2.24) is 15.5 Å². The molecule has 0 saturated carbocycles. The topological polar surface area (TPSA) is 44.4 Å². The highest BCUT2D eigenvalue weighted by atomic mass is 16.1. The molecule has 2 aliphatic rings. The van der Waals surface area contributed by atoms with E-state index in [1.54, 1.807) is 6.92 Å². The lowest BCUT2D eigenvalue weighted by atomic mass is 9.90. The van der Waals surface area contributed by atoms with Gasteiger partial charge in [-0.25, -0.2) is 0 Å². The minimum Gasteiger partial charge on any atom is -0.384 e. The monoisotopic (exact) mass is 417 g/mol. The number of fused-ring (bicyclic) bond motifs is 1. The van der Waals surface area contributed by atoms with E-state index < -0.39 is 0 Å². The molecule has 2 bridgehead atoms. The average molecular weight is 418 g/mol. The molecule has 1 atom stereocenters. The summed E-state index contributed by atoms with van der Waals surface area (Å²) < 4.78 is 0. The maximum atomic E-state index is 13.1. The van der Waals surface area contributed by atoms with Gasteiger partial charge in [0.05, 0.1) is 0 Å². The quantitative estimate of drug-likeness (QED) is 0.415. The second-order valence-corrected chi connectivity index (χ2v) is 7.95. The van der Waals surface area contributed by atoms with Crippen molar-refractivity contribution in [2.75, 3.05) is 20.6 Å². The Morgan fingerprint density at radius 3 is 2.77 bits per heavy atom. The molecule has 0 aromatic rings. The second kappa shape index (κ2) is 12.6. The smallest absolute Gasteiger partial charge is 0.256 e. The van der Waals surface area contributed by atoms with Crippen molar-refractivity contribution >= 4 is 5.91 Å². The second-order valence-electron chi connectivity index (χ2n) is 7.95. The number of hydrogen-bond acceptors (Lipinski definition) is 3. The zero-order valence-electron chi connectivity index (χ0n) is 19.2. The largest absolute Gasteiger partial charge is 0.384 e. The summed E-state index contributed by atoms with van der Waals surface area (Å²) in [5.74, 6) is -0.153. The number of carbonyl (C=O) groups is 1. The van der Waals surface area contributed by atoms with Crippen LogP contribution in [0.3, 0.4) is 0 Å². The zero-order valence-corrected chi connectivity index (χ0v) is 19.2. The number of likely N-dealkylation sites (N-methyl/N-ethyl adjacent to an activating group) is 1. The standard InChI is InChI=1S/C27H35N3O/c1-6-22(14-10-7-8-13-17-30(4)5)18-25(27(31)29-21(2)3)26-20-28-24-16-12-9-11-15-23(26)19-24/h6-13,15,18-20,24,28H,2,14,16-17H2,1,3-5H3,(H,29,31)/b10-7-,12-9?,13-8-,15-11-,22-6+,25-18+. The van der Waals surface area contributed by atoms with Crippen LogP contribution < -0.4 is 10.6 Å². The van der Waals surface area contributed by atoms with Gasteiger partial charge < -0.3 is 15.5 Å². The number of carbonyl (C=O) groups excluding carboxylic acids is 1. The van der Waals surface area contributed by atoms with Crippen molar-refractivity contribution in [2.45, 2.75) is 32.7 Å². The van der Waals surface area contributed by atoms with Crippen molar-refractivity contribution in [3.8, 4) is 0 Å². The Labute approximate surface area is 187 Å². The molecule has 31 heavy (non-hydrogen) atoms. The number of nitrogens with one attached hydrogen (secondary N) is 2. The Morgan fingerprint density at radius 2 is 2.06 bits per heavy atom. The van der Waals surface area contributed by atoms with Crippen molar-refractivity contribution in [3.05, 3.63) is 108 Å². The summed E-state index contributed by atoms with van der Waals surface area (Å²) in [5.41, 5.74) is 4.25. The molecule has 1 aliphatic carbocycles. The molecule has 0 aromatic carbocycles. The molecular formula is C27H35N3O. The zero-order chi connectivity index (χ0) is 22.6. The summed E-state index contributed by atoms with van der Waals surface area (Å²) in [7, 11) is 4.09. The Bertz CT molecular complexity index is 905. The number of amides is 1. The van der Waals surface area contributed by atoms with Gasteiger partial charge in [-0.15, -0.1) is 0 Å². The lowest BCUT2D eigenvalue weighted by Gasteiger charge is -2.24. The predicted molar refractivity (Wildman–Crippen MR) is 132 cm³/mol. The molecule has 2 N–H and O–H groups in total. The molecule has 0 fully saturated rings. The molecule has 4 nitrogen and oxygen atoms in total. The van der Waals surface area contributed by atoms with Gasteiger partial charge in [0.1, 0.15) is 0 Å². The van der Waals surface area contributed by atoms with Gasteiger partial charge in [0.2, 0.25) is 0 Å². The van der Waals surface area contributed by atoms with Crippen molar-refractivity contribution in [2.24, 2.45) is 0 Å². The Balaban J connectivity index is 2.28. The minimum absolute atomic E-state index is 0.153. The molecule has 1 amide bonds. The Hall–Kier alpha value is -3.11. The van der Waals surface area contributed by atoms with Gasteiger partial charge in [0, 0.05) is 35.6 Å². The lowest BCUT2D eigenvalue weighted by molar-refractivity contribution is -0.116. The summed E-state index contributed by atoms with van der Waals surface area (Å²) in [6.45, 7) is 8.53. The fraction of sp³-hybridized carbons (Fsp3) is 0.296. The predicted octanol–water partition coefficient (Wildman–Crippen LogP) is 4.87. The van der Waals surface area contributed by atoms with E-state index >= 15 is 0 Å². The number of nitrogens with zero attached hydrogens (tertiary/aromatic N) is 1. The van der Waals surface area contributed by atoms with E-state index in [2.05, 4.69) is 58.6 Å². The van der Waals surface area contributed by atoms with Crippen LogP contribution in [0, 0.1) is 0 Å². The number of allylic oxidation sites excluding steroid dienone is 11. The fourth-order valence-corrected chi connectivity index (χ4v) is 3.21. The lowest BCUT2D eigenvalue weighted by Crippen LogP contribution is -2.30. The highest BCUT2D eigenvalue weighted by molar-refractivity contribution is 6.00. The first-order chi connectivity index (χ1) is 14.9. The third kappa shape index (κ3) is 8.27. The SMILES string of the molecule is C=C(C)NC(=O)/C(=C/C(=C/C)C/C=C\C=C/CN(C)C)C1=CNC2C=C1/C=C\C=CC2. The van der Waals surface area contributed by atoms with Crippen molar-refractivity contribution in [1.29, 1.82) is 0 Å². The maximum Gasteiger partial charge on any atom is 0.256 e. The molecule has 4 heteroatoms. The molecule has 0 radical (unpaired) electrons. The van der Waals surface area contributed by atoms with Gasteiger partial charge in [-0.05, 0) is 58.0 Å². The summed E-state index contributed by atoms with van der Waals surface area (Å²) in [6.07, 6.45) is 26.4. The van der Waals surface area contributed by atoms with Crippen LogP contribution in [0.1, 0.15) is 26.7 Å². The van der Waals surface area contributed by atoms with E-state index in [0.717, 1.165) is 36.1 Å². The summed E-state index contributed by atoms with van der Waals surface area (Å²) in [4.78, 5) is 15.2. The van der Waals surface area contributed by atoms with Crippen molar-refractivity contribution < 1.29 is 4.79 Å². The van der Waals surface area contributed by atoms with Crippen LogP contribution in [0.15, 0.2) is 108 Å². The summed E-state index contributed by atoms with van der Waals surface area (Å²) in [5, 5.41) is 6.28. The van der Waals surface area contributed by atoms with E-state index in [9.17, 15) is 4.79 Å². The van der Waals surface area contributed by atoms with E-state index in [-0.39, 0.29) is 11.9 Å². The molecular weight excluding hydrogens is 382 g/mol. The molecule has 2 rings (SSSR count). The maximum absolute atomic E-state index is 13.1. The molecule has 1 unspecified atom stereocenters. The molecule has 1 heterocycles. The van der Waals surface area contributed by atoms with E-state index in [0.29, 0.717) is 11.3 Å². The van der Waals surface area contributed by atoms with Crippen LogP contribution in [0.25, 0.3) is 0 Å². The van der Waals surface area contributed by atoms with Crippen LogP contribution in [0.2, 0.25) is 0 Å². The van der Waals surface area contributed by atoms with Gasteiger partial charge in [0.15, 0.2) is 0 Å². The van der Waals surface area contributed by atoms with E-state index in [1.807, 2.05) is 57.6 Å². The first kappa shape index (κ1) is 24.2. The van der Waals surface area contributed by atoms with Gasteiger partial charge >= 0.3 is 0 Å². The first-order valence-corrected chi connectivity index (χ1v) is 10.7. The molecule has 0 aromatic heterocycles. The highest BCUT2D eigenvalue weighted by Gasteiger charge is 2.21. The van der Waals surface area contributed by atoms with Crippen LogP contribution in [-0.2, 0) is 4.79 Å². The Morgan fingerprint density at radius 1 is 1.29 bits per heavy atom. The Kier molecular flexibility index (Phi) is 9.79. The molecule has 164 valence electrons. The van der Waals surface area contributed by atoms with Crippen LogP contribution in [0.5, 0.6) is 0 Å². The van der Waals surface area contributed by atoms with Gasteiger partial charge in [-0.3, -0.25) is 4.79 Å². The van der Waals surface area contributed by atoms with Crippen LogP contribution in [0.4, 0.5) is 0 Å². The number of rotatable bonds is 9. The summed E-state index contributed by atoms with van der Waals surface area (Å²) in [6, 6.07) is 0.239. The van der Waals surface area contributed by atoms with Crippen molar-refractivity contribution in [3.63, 3.8) is 0 Å². The van der Waals surface area contributed by atoms with Gasteiger partial charge in [-0.1, -0.05) is 67.3 Å². The normalized spacial score (nSPS) is 20.2. The number of dihydropyridines is 1. The van der Waals surface area contributed by atoms with E-state index in [1.165, 1.54) is 0 Å². The van der Waals surface area contributed by atoms with E-state index in [4.69, 9.17) is 0 Å². The third-order valence-corrected chi connectivity index (χ3v) is 4.82. The summed E-state index contributed by atoms with van der Waals surface area (Å²) >= 11 is 0. The molecule has 1 aliphatic heterocycles. The molecule has 0 spiro atoms. The number of hydrogen-bond donors (Lipinski definition) is 2. The highest BCUT2D eigenvalue weighted by Crippen LogP contribution is 2.27. The minimum atomic E-state index is -0.153. The average Bonchev–Trinajstić information content (AvgIpc) is 2.70. The van der Waals surface area contributed by atoms with Gasteiger partial charge in [0.25, 0.3) is 5.91 Å². The van der Waals surface area contributed by atoms with Gasteiger partial charge in [-0.2, -0.15) is 0 Å².